The summed E-state index contributed by atoms with van der Waals surface area (Å²) in [7, 11) is 0. The van der Waals surface area contributed by atoms with Crippen molar-refractivity contribution in [3.05, 3.63) is 0 Å². The fraction of sp³-hybridized carbons (Fsp3) is 1.00. The zero-order valence-electron chi connectivity index (χ0n) is 11.8. The van der Waals surface area contributed by atoms with Crippen LogP contribution in [0.1, 0.15) is 40.0 Å². The van der Waals surface area contributed by atoms with Crippen LogP contribution in [-0.2, 0) is 0 Å². The van der Waals surface area contributed by atoms with E-state index >= 15 is 0 Å². The molecule has 100 valence electrons. The van der Waals surface area contributed by atoms with E-state index in [1.54, 1.807) is 0 Å². The Kier molecular flexibility index (Phi) is 4.45. The molecular formula is C14H29N3. The van der Waals surface area contributed by atoms with Crippen LogP contribution in [0.5, 0.6) is 0 Å². The number of rotatable bonds is 2. The summed E-state index contributed by atoms with van der Waals surface area (Å²) in [4.78, 5) is 5.25. The molecule has 2 rings (SSSR count). The minimum atomic E-state index is 0.342. The molecule has 2 saturated heterocycles. The second-order valence-electron chi connectivity index (χ2n) is 6.61. The van der Waals surface area contributed by atoms with Gasteiger partial charge in [0.1, 0.15) is 0 Å². The highest BCUT2D eigenvalue weighted by Gasteiger charge is 2.26. The Morgan fingerprint density at radius 3 is 2.29 bits per heavy atom. The van der Waals surface area contributed by atoms with Crippen LogP contribution in [-0.4, -0.2) is 60.6 Å². The van der Waals surface area contributed by atoms with E-state index in [-0.39, 0.29) is 0 Å². The van der Waals surface area contributed by atoms with E-state index in [9.17, 15) is 0 Å². The summed E-state index contributed by atoms with van der Waals surface area (Å²) in [5.41, 5.74) is 0.342. The number of nitrogens with one attached hydrogen (secondary N) is 1. The van der Waals surface area contributed by atoms with Gasteiger partial charge in [-0.1, -0.05) is 6.42 Å². The lowest BCUT2D eigenvalue weighted by atomic mass is 10.0. The van der Waals surface area contributed by atoms with E-state index < -0.39 is 0 Å². The van der Waals surface area contributed by atoms with Crippen molar-refractivity contribution in [3.8, 4) is 0 Å². The second kappa shape index (κ2) is 5.68. The molecule has 0 bridgehead atoms. The summed E-state index contributed by atoms with van der Waals surface area (Å²) in [6.07, 6.45) is 4.16. The maximum atomic E-state index is 3.65. The van der Waals surface area contributed by atoms with Gasteiger partial charge in [0.15, 0.2) is 0 Å². The average molecular weight is 239 g/mol. The van der Waals surface area contributed by atoms with Crippen LogP contribution in [0, 0.1) is 0 Å². The van der Waals surface area contributed by atoms with Gasteiger partial charge in [0.2, 0.25) is 0 Å². The third kappa shape index (κ3) is 3.94. The number of nitrogens with zero attached hydrogens (tertiary/aromatic N) is 2. The Hall–Kier alpha value is -0.120. The molecule has 2 aliphatic rings. The van der Waals surface area contributed by atoms with Gasteiger partial charge in [-0.15, -0.1) is 0 Å². The molecule has 2 heterocycles. The molecule has 1 N–H and O–H groups in total. The van der Waals surface area contributed by atoms with E-state index in [1.165, 1.54) is 58.5 Å². The predicted octanol–water partition coefficient (Wildman–Crippen LogP) is 1.54. The van der Waals surface area contributed by atoms with Gasteiger partial charge in [0.25, 0.3) is 0 Å². The molecule has 0 amide bonds. The van der Waals surface area contributed by atoms with Crippen LogP contribution in [0.25, 0.3) is 0 Å². The lowest BCUT2D eigenvalue weighted by molar-refractivity contribution is 0.0566. The smallest absolute Gasteiger partial charge is 0.0195 e. The fourth-order valence-electron chi connectivity index (χ4n) is 2.99. The molecule has 0 aliphatic carbocycles. The third-order valence-electron chi connectivity index (χ3n) is 4.21. The van der Waals surface area contributed by atoms with Gasteiger partial charge in [0.05, 0.1) is 0 Å². The molecule has 0 spiro atoms. The first-order valence-electron chi connectivity index (χ1n) is 7.26. The minimum absolute atomic E-state index is 0.342. The van der Waals surface area contributed by atoms with Crippen LogP contribution in [0.2, 0.25) is 0 Å². The highest BCUT2D eigenvalue weighted by atomic mass is 15.3. The van der Waals surface area contributed by atoms with Gasteiger partial charge in [-0.25, -0.2) is 0 Å². The Bertz CT molecular complexity index is 220. The fourth-order valence-corrected chi connectivity index (χ4v) is 2.99. The standard InChI is InChI=1S/C14H29N3/c1-14(2,3)17-10-8-16(9-11-17)12-13-6-4-5-7-15-13/h13,15H,4-12H2,1-3H3. The molecule has 17 heavy (non-hydrogen) atoms. The van der Waals surface area contributed by atoms with Gasteiger partial charge in [0, 0.05) is 44.3 Å². The maximum absolute atomic E-state index is 3.65. The van der Waals surface area contributed by atoms with Crippen molar-refractivity contribution in [1.82, 2.24) is 15.1 Å². The summed E-state index contributed by atoms with van der Waals surface area (Å²) in [6, 6.07) is 0.755. The molecular weight excluding hydrogens is 210 g/mol. The largest absolute Gasteiger partial charge is 0.313 e. The number of piperidine rings is 1. The first-order valence-corrected chi connectivity index (χ1v) is 7.26. The van der Waals surface area contributed by atoms with Crippen molar-refractivity contribution in [2.75, 3.05) is 39.3 Å². The SMILES string of the molecule is CC(C)(C)N1CCN(CC2CCCCN2)CC1. The summed E-state index contributed by atoms with van der Waals surface area (Å²) in [5, 5.41) is 3.65. The van der Waals surface area contributed by atoms with Crippen molar-refractivity contribution >= 4 is 0 Å². The summed E-state index contributed by atoms with van der Waals surface area (Å²) in [5.74, 6) is 0. The van der Waals surface area contributed by atoms with Crippen LogP contribution in [0.15, 0.2) is 0 Å². The van der Waals surface area contributed by atoms with E-state index in [1.807, 2.05) is 0 Å². The molecule has 0 aromatic heterocycles. The Morgan fingerprint density at radius 1 is 1.06 bits per heavy atom. The van der Waals surface area contributed by atoms with Gasteiger partial charge in [-0.3, -0.25) is 9.80 Å². The highest BCUT2D eigenvalue weighted by molar-refractivity contribution is 4.84. The first-order chi connectivity index (χ1) is 8.05. The van der Waals surface area contributed by atoms with E-state index in [0.717, 1.165) is 6.04 Å². The van der Waals surface area contributed by atoms with Crippen LogP contribution >= 0.6 is 0 Å². The molecule has 2 fully saturated rings. The van der Waals surface area contributed by atoms with Gasteiger partial charge < -0.3 is 5.32 Å². The Balaban J connectivity index is 1.71. The van der Waals surface area contributed by atoms with Gasteiger partial charge in [-0.2, -0.15) is 0 Å². The quantitative estimate of drug-likeness (QED) is 0.789. The average Bonchev–Trinajstić information content (AvgIpc) is 2.30. The van der Waals surface area contributed by atoms with Crippen molar-refractivity contribution in [2.24, 2.45) is 0 Å². The van der Waals surface area contributed by atoms with Crippen molar-refractivity contribution in [3.63, 3.8) is 0 Å². The van der Waals surface area contributed by atoms with Gasteiger partial charge >= 0.3 is 0 Å². The normalized spacial score (nSPS) is 29.5. The topological polar surface area (TPSA) is 18.5 Å². The lowest BCUT2D eigenvalue weighted by Crippen LogP contribution is -2.55. The Labute approximate surface area is 107 Å². The molecule has 3 heteroatoms. The highest BCUT2D eigenvalue weighted by Crippen LogP contribution is 2.16. The molecule has 0 aromatic carbocycles. The van der Waals surface area contributed by atoms with Crippen molar-refractivity contribution in [1.29, 1.82) is 0 Å². The molecule has 2 aliphatic heterocycles. The third-order valence-corrected chi connectivity index (χ3v) is 4.21. The van der Waals surface area contributed by atoms with Gasteiger partial charge in [-0.05, 0) is 40.2 Å². The van der Waals surface area contributed by atoms with Crippen molar-refractivity contribution < 1.29 is 0 Å². The molecule has 1 unspecified atom stereocenters. The molecule has 1 atom stereocenters. The van der Waals surface area contributed by atoms with Crippen LogP contribution < -0.4 is 5.32 Å². The first kappa shape index (κ1) is 13.3. The summed E-state index contributed by atoms with van der Waals surface area (Å²) >= 11 is 0. The van der Waals surface area contributed by atoms with Crippen LogP contribution in [0.4, 0.5) is 0 Å². The summed E-state index contributed by atoms with van der Waals surface area (Å²) in [6.45, 7) is 14.4. The molecule has 0 radical (unpaired) electrons. The van der Waals surface area contributed by atoms with Crippen LogP contribution in [0.3, 0.4) is 0 Å². The van der Waals surface area contributed by atoms with Crippen molar-refractivity contribution in [2.45, 2.75) is 51.6 Å². The Morgan fingerprint density at radius 2 is 1.76 bits per heavy atom. The number of hydrogen-bond acceptors (Lipinski definition) is 3. The zero-order chi connectivity index (χ0) is 12.3. The molecule has 3 nitrogen and oxygen atoms in total. The van der Waals surface area contributed by atoms with E-state index in [0.29, 0.717) is 5.54 Å². The summed E-state index contributed by atoms with van der Waals surface area (Å²) < 4.78 is 0. The van der Waals surface area contributed by atoms with E-state index in [2.05, 4.69) is 35.9 Å². The minimum Gasteiger partial charge on any atom is -0.313 e. The maximum Gasteiger partial charge on any atom is 0.0195 e. The molecule has 0 aromatic rings. The molecule has 0 saturated carbocycles. The van der Waals surface area contributed by atoms with E-state index in [4.69, 9.17) is 0 Å². The number of hydrogen-bond donors (Lipinski definition) is 1. The lowest BCUT2D eigenvalue weighted by Gasteiger charge is -2.43. The monoisotopic (exact) mass is 239 g/mol. The zero-order valence-corrected chi connectivity index (χ0v) is 11.8. The second-order valence-corrected chi connectivity index (χ2v) is 6.61. The predicted molar refractivity (Wildman–Crippen MR) is 73.4 cm³/mol. The number of piperazine rings is 1.